The summed E-state index contributed by atoms with van der Waals surface area (Å²) in [4.78, 5) is 0. The second-order valence-corrected chi connectivity index (χ2v) is 3.06. The molecule has 0 fully saturated rings. The van der Waals surface area contributed by atoms with E-state index in [1.165, 1.54) is 0 Å². The molecule has 0 amide bonds. The van der Waals surface area contributed by atoms with Crippen molar-refractivity contribution in [1.82, 2.24) is 0 Å². The average Bonchev–Trinajstić information content (AvgIpc) is 1.64. The van der Waals surface area contributed by atoms with Crippen molar-refractivity contribution in [2.75, 3.05) is 7.05 Å². The van der Waals surface area contributed by atoms with E-state index in [4.69, 9.17) is 5.11 Å². The quantitative estimate of drug-likeness (QED) is 0.536. The van der Waals surface area contributed by atoms with Crippen LogP contribution in [-0.4, -0.2) is 18.4 Å². The fourth-order valence-electron chi connectivity index (χ4n) is 0.283. The topological polar surface area (TPSA) is 45.0 Å². The first-order valence-corrected chi connectivity index (χ1v) is 2.95. The Morgan fingerprint density at radius 2 is 1.78 bits per heavy atom. The van der Waals surface area contributed by atoms with Crippen LogP contribution in [0.3, 0.4) is 0 Å². The maximum Gasteiger partial charge on any atom is 0.170 e. The van der Waals surface area contributed by atoms with Crippen molar-refractivity contribution < 1.29 is 5.11 Å². The van der Waals surface area contributed by atoms with Gasteiger partial charge in [-0.15, -0.1) is 0 Å². The maximum atomic E-state index is 9.13. The molecular weight excluding hydrogens is 116 g/mol. The van der Waals surface area contributed by atoms with Crippen LogP contribution in [0.5, 0.6) is 0 Å². The molecule has 0 saturated heterocycles. The first-order valence-electron chi connectivity index (χ1n) is 2.95. The van der Waals surface area contributed by atoms with E-state index < -0.39 is 6.23 Å². The van der Waals surface area contributed by atoms with Crippen LogP contribution in [0.15, 0.2) is 10.2 Å². The van der Waals surface area contributed by atoms with E-state index in [9.17, 15) is 0 Å². The molecule has 54 valence electrons. The van der Waals surface area contributed by atoms with Gasteiger partial charge in [0.2, 0.25) is 0 Å². The number of hydrogen-bond acceptors (Lipinski definition) is 3. The normalized spacial score (nSPS) is 16.6. The van der Waals surface area contributed by atoms with Crippen LogP contribution in [0.2, 0.25) is 0 Å². The highest BCUT2D eigenvalue weighted by Gasteiger charge is 2.20. The van der Waals surface area contributed by atoms with Crippen LogP contribution in [0, 0.1) is 5.41 Å². The zero-order valence-corrected chi connectivity index (χ0v) is 6.42. The summed E-state index contributed by atoms with van der Waals surface area (Å²) in [6, 6.07) is 0. The monoisotopic (exact) mass is 130 g/mol. The van der Waals surface area contributed by atoms with E-state index in [1.807, 2.05) is 20.8 Å². The van der Waals surface area contributed by atoms with Crippen LogP contribution in [-0.2, 0) is 0 Å². The molecule has 1 unspecified atom stereocenters. The SMILES string of the molecule is CN=NC(O)C(C)(C)C. The van der Waals surface area contributed by atoms with Crippen molar-refractivity contribution >= 4 is 0 Å². The summed E-state index contributed by atoms with van der Waals surface area (Å²) in [5.74, 6) is 0. The average molecular weight is 130 g/mol. The Labute approximate surface area is 55.8 Å². The first kappa shape index (κ1) is 8.56. The summed E-state index contributed by atoms with van der Waals surface area (Å²) in [6.07, 6.45) is -0.678. The summed E-state index contributed by atoms with van der Waals surface area (Å²) < 4.78 is 0. The molecule has 0 aromatic rings. The largest absolute Gasteiger partial charge is 0.370 e. The molecular formula is C6H14N2O. The highest BCUT2D eigenvalue weighted by Crippen LogP contribution is 2.19. The molecule has 1 N–H and O–H groups in total. The van der Waals surface area contributed by atoms with E-state index in [2.05, 4.69) is 10.2 Å². The van der Waals surface area contributed by atoms with E-state index in [1.54, 1.807) is 7.05 Å². The van der Waals surface area contributed by atoms with Gasteiger partial charge in [-0.2, -0.15) is 10.2 Å². The van der Waals surface area contributed by atoms with Crippen molar-refractivity contribution in [2.45, 2.75) is 27.0 Å². The van der Waals surface area contributed by atoms with Gasteiger partial charge in [-0.1, -0.05) is 20.8 Å². The Morgan fingerprint density at radius 3 is 1.89 bits per heavy atom. The molecule has 0 aromatic carbocycles. The minimum Gasteiger partial charge on any atom is -0.370 e. The summed E-state index contributed by atoms with van der Waals surface area (Å²) in [6.45, 7) is 5.73. The Balaban J connectivity index is 3.88. The molecule has 3 heteroatoms. The van der Waals surface area contributed by atoms with Crippen molar-refractivity contribution in [2.24, 2.45) is 15.6 Å². The van der Waals surface area contributed by atoms with Crippen LogP contribution < -0.4 is 0 Å². The van der Waals surface area contributed by atoms with Crippen molar-refractivity contribution in [1.29, 1.82) is 0 Å². The summed E-state index contributed by atoms with van der Waals surface area (Å²) in [5, 5.41) is 16.2. The molecule has 0 aliphatic heterocycles. The third kappa shape index (κ3) is 3.19. The number of nitrogens with zero attached hydrogens (tertiary/aromatic N) is 2. The molecule has 0 radical (unpaired) electrons. The first-order chi connectivity index (χ1) is 3.98. The zero-order chi connectivity index (χ0) is 7.49. The molecule has 0 aliphatic rings. The fourth-order valence-corrected chi connectivity index (χ4v) is 0.283. The maximum absolute atomic E-state index is 9.13. The zero-order valence-electron chi connectivity index (χ0n) is 6.42. The van der Waals surface area contributed by atoms with Gasteiger partial charge in [-0.25, -0.2) is 0 Å². The molecule has 1 atom stereocenters. The van der Waals surface area contributed by atoms with Crippen LogP contribution >= 0.6 is 0 Å². The summed E-state index contributed by atoms with van der Waals surface area (Å²) in [7, 11) is 1.55. The number of azo groups is 1. The highest BCUT2D eigenvalue weighted by atomic mass is 16.3. The van der Waals surface area contributed by atoms with Gasteiger partial charge >= 0.3 is 0 Å². The summed E-state index contributed by atoms with van der Waals surface area (Å²) >= 11 is 0. The lowest BCUT2D eigenvalue weighted by Crippen LogP contribution is -2.23. The molecule has 0 aromatic heterocycles. The number of rotatable bonds is 1. The molecule has 0 saturated carbocycles. The smallest absolute Gasteiger partial charge is 0.170 e. The van der Waals surface area contributed by atoms with E-state index in [-0.39, 0.29) is 5.41 Å². The molecule has 9 heavy (non-hydrogen) atoms. The Bertz CT molecular complexity index is 104. The van der Waals surface area contributed by atoms with Gasteiger partial charge in [0, 0.05) is 12.5 Å². The molecule has 3 nitrogen and oxygen atoms in total. The van der Waals surface area contributed by atoms with Crippen molar-refractivity contribution in [3.8, 4) is 0 Å². The predicted octanol–water partition coefficient (Wildman–Crippen LogP) is 1.43. The molecule has 0 rings (SSSR count). The third-order valence-corrected chi connectivity index (χ3v) is 0.999. The number of aliphatic hydroxyl groups is 1. The minimum atomic E-state index is -0.678. The highest BCUT2D eigenvalue weighted by molar-refractivity contribution is 4.68. The van der Waals surface area contributed by atoms with Crippen molar-refractivity contribution in [3.63, 3.8) is 0 Å². The van der Waals surface area contributed by atoms with Gasteiger partial charge in [-0.3, -0.25) is 0 Å². The minimum absolute atomic E-state index is 0.195. The van der Waals surface area contributed by atoms with Gasteiger partial charge in [0.1, 0.15) is 0 Å². The van der Waals surface area contributed by atoms with Gasteiger partial charge < -0.3 is 5.11 Å². The molecule has 0 spiro atoms. The van der Waals surface area contributed by atoms with Crippen molar-refractivity contribution in [3.05, 3.63) is 0 Å². The lowest BCUT2D eigenvalue weighted by molar-refractivity contribution is 0.0648. The lowest BCUT2D eigenvalue weighted by Gasteiger charge is -2.20. The van der Waals surface area contributed by atoms with Crippen LogP contribution in [0.1, 0.15) is 20.8 Å². The Morgan fingerprint density at radius 1 is 1.33 bits per heavy atom. The predicted molar refractivity (Wildman–Crippen MR) is 36.2 cm³/mol. The Kier molecular flexibility index (Phi) is 2.77. The van der Waals surface area contributed by atoms with Gasteiger partial charge in [0.05, 0.1) is 0 Å². The van der Waals surface area contributed by atoms with Gasteiger partial charge in [-0.05, 0) is 0 Å². The fraction of sp³-hybridized carbons (Fsp3) is 1.00. The van der Waals surface area contributed by atoms with E-state index in [0.717, 1.165) is 0 Å². The lowest BCUT2D eigenvalue weighted by atomic mass is 9.95. The number of aliphatic hydroxyl groups excluding tert-OH is 1. The van der Waals surface area contributed by atoms with Crippen LogP contribution in [0.25, 0.3) is 0 Å². The van der Waals surface area contributed by atoms with E-state index in [0.29, 0.717) is 0 Å². The summed E-state index contributed by atoms with van der Waals surface area (Å²) in [5.41, 5.74) is -0.195. The molecule has 0 bridgehead atoms. The Hall–Kier alpha value is -0.440. The second kappa shape index (κ2) is 2.92. The van der Waals surface area contributed by atoms with E-state index >= 15 is 0 Å². The standard InChI is InChI=1S/C6H14N2O/c1-6(2,3)5(9)8-7-4/h5,9H,1-4H3. The third-order valence-electron chi connectivity index (χ3n) is 0.999. The van der Waals surface area contributed by atoms with Gasteiger partial charge in [0.15, 0.2) is 6.23 Å². The van der Waals surface area contributed by atoms with Crippen LogP contribution in [0.4, 0.5) is 0 Å². The number of hydrogen-bond donors (Lipinski definition) is 1. The second-order valence-electron chi connectivity index (χ2n) is 3.06. The molecule has 0 heterocycles. The van der Waals surface area contributed by atoms with Gasteiger partial charge in [0.25, 0.3) is 0 Å². The molecule has 0 aliphatic carbocycles.